The molecule has 1 aliphatic rings. The fraction of sp³-hybridized carbons (Fsp3) is 0.407. The van der Waals surface area contributed by atoms with Crippen molar-refractivity contribution in [1.29, 1.82) is 0 Å². The summed E-state index contributed by atoms with van der Waals surface area (Å²) < 4.78 is 22.1. The molecule has 0 saturated carbocycles. The number of likely N-dealkylation sites (N-methyl/N-ethyl adjacent to an activating group) is 1. The van der Waals surface area contributed by atoms with Gasteiger partial charge in [-0.15, -0.1) is 0 Å². The van der Waals surface area contributed by atoms with Crippen LogP contribution < -0.4 is 4.90 Å². The third-order valence-corrected chi connectivity index (χ3v) is 6.99. The number of amides is 1. The highest BCUT2D eigenvalue weighted by Gasteiger charge is 2.27. The van der Waals surface area contributed by atoms with Gasteiger partial charge in [0.15, 0.2) is 0 Å². The van der Waals surface area contributed by atoms with Crippen LogP contribution in [0.25, 0.3) is 5.69 Å². The fourth-order valence-electron chi connectivity index (χ4n) is 4.51. The molecule has 4 rings (SSSR count). The van der Waals surface area contributed by atoms with E-state index in [1.807, 2.05) is 46.8 Å². The first kappa shape index (κ1) is 26.3. The van der Waals surface area contributed by atoms with Gasteiger partial charge >= 0.3 is 0 Å². The number of methoxy groups -OCH3 is 1. The SMILES string of the molecule is COCCCN(Cc1c(C)nn(-c2cccc(F)c2)c1N1CCN(C)CC1)C(=O)c1cccc(Br)c1. The van der Waals surface area contributed by atoms with E-state index in [-0.39, 0.29) is 11.7 Å². The number of hydrogen-bond acceptors (Lipinski definition) is 5. The van der Waals surface area contributed by atoms with Crippen LogP contribution in [0.3, 0.4) is 0 Å². The van der Waals surface area contributed by atoms with E-state index in [2.05, 4.69) is 32.8 Å². The minimum atomic E-state index is -0.308. The van der Waals surface area contributed by atoms with Crippen LogP contribution in [0, 0.1) is 12.7 Å². The largest absolute Gasteiger partial charge is 0.385 e. The molecule has 1 fully saturated rings. The van der Waals surface area contributed by atoms with E-state index in [1.165, 1.54) is 12.1 Å². The number of carbonyl (C=O) groups excluding carboxylic acids is 1. The molecular formula is C27H33BrFN5O2. The number of piperazine rings is 1. The van der Waals surface area contributed by atoms with Crippen LogP contribution in [-0.2, 0) is 11.3 Å². The lowest BCUT2D eigenvalue weighted by Gasteiger charge is -2.35. The van der Waals surface area contributed by atoms with Crippen LogP contribution in [0.4, 0.5) is 10.2 Å². The van der Waals surface area contributed by atoms with E-state index in [4.69, 9.17) is 9.84 Å². The first-order valence-corrected chi connectivity index (χ1v) is 13.0. The van der Waals surface area contributed by atoms with Gasteiger partial charge in [0.05, 0.1) is 17.9 Å². The standard InChI is InChI=1S/C27H33BrFN5O2/c1-20-25(19-33(11-6-16-36-3)27(35)21-7-4-8-22(28)17-21)26(32-14-12-31(2)13-15-32)34(30-20)24-10-5-9-23(29)18-24/h4-5,7-10,17-18H,6,11-16,19H2,1-3H3. The monoisotopic (exact) mass is 557 g/mol. The number of anilines is 1. The Bertz CT molecular complexity index is 1190. The maximum Gasteiger partial charge on any atom is 0.254 e. The average molecular weight is 558 g/mol. The molecule has 0 unspecified atom stereocenters. The van der Waals surface area contributed by atoms with Gasteiger partial charge in [0.2, 0.25) is 0 Å². The minimum absolute atomic E-state index is 0.0466. The molecule has 9 heteroatoms. The molecule has 1 aromatic heterocycles. The Morgan fingerprint density at radius 1 is 1.14 bits per heavy atom. The third kappa shape index (κ3) is 6.14. The Hall–Kier alpha value is -2.75. The summed E-state index contributed by atoms with van der Waals surface area (Å²) >= 11 is 3.48. The van der Waals surface area contributed by atoms with Gasteiger partial charge in [0.25, 0.3) is 5.91 Å². The van der Waals surface area contributed by atoms with Crippen molar-refractivity contribution < 1.29 is 13.9 Å². The summed E-state index contributed by atoms with van der Waals surface area (Å²) in [6, 6.07) is 13.9. The number of aromatic nitrogens is 2. The van der Waals surface area contributed by atoms with Gasteiger partial charge < -0.3 is 19.4 Å². The van der Waals surface area contributed by atoms with E-state index >= 15 is 0 Å². The van der Waals surface area contributed by atoms with Crippen molar-refractivity contribution >= 4 is 27.7 Å². The van der Waals surface area contributed by atoms with Gasteiger partial charge in [0.1, 0.15) is 11.6 Å². The molecule has 0 bridgehead atoms. The molecule has 36 heavy (non-hydrogen) atoms. The summed E-state index contributed by atoms with van der Waals surface area (Å²) in [6.07, 6.45) is 0.719. The molecule has 7 nitrogen and oxygen atoms in total. The molecule has 1 aliphatic heterocycles. The van der Waals surface area contributed by atoms with Crippen LogP contribution in [0.2, 0.25) is 0 Å². The van der Waals surface area contributed by atoms with Crippen LogP contribution >= 0.6 is 15.9 Å². The Balaban J connectivity index is 1.74. The fourth-order valence-corrected chi connectivity index (χ4v) is 4.91. The summed E-state index contributed by atoms with van der Waals surface area (Å²) in [7, 11) is 3.78. The zero-order valence-corrected chi connectivity index (χ0v) is 22.7. The molecule has 3 aromatic rings. The van der Waals surface area contributed by atoms with E-state index in [9.17, 15) is 9.18 Å². The van der Waals surface area contributed by atoms with Gasteiger partial charge in [0, 0.05) is 62.0 Å². The van der Waals surface area contributed by atoms with Gasteiger partial charge in [-0.3, -0.25) is 4.79 Å². The van der Waals surface area contributed by atoms with Crippen molar-refractivity contribution in [1.82, 2.24) is 19.6 Å². The van der Waals surface area contributed by atoms with Crippen molar-refractivity contribution in [3.8, 4) is 5.69 Å². The smallest absolute Gasteiger partial charge is 0.254 e. The lowest BCUT2D eigenvalue weighted by Crippen LogP contribution is -2.45. The van der Waals surface area contributed by atoms with Gasteiger partial charge in [-0.2, -0.15) is 5.10 Å². The molecule has 0 spiro atoms. The maximum atomic E-state index is 14.2. The van der Waals surface area contributed by atoms with Crippen LogP contribution in [0.15, 0.2) is 53.0 Å². The molecule has 0 aliphatic carbocycles. The molecule has 1 saturated heterocycles. The highest BCUT2D eigenvalue weighted by molar-refractivity contribution is 9.10. The maximum absolute atomic E-state index is 14.2. The first-order chi connectivity index (χ1) is 17.4. The number of aryl methyl sites for hydroxylation is 1. The lowest BCUT2D eigenvalue weighted by molar-refractivity contribution is 0.0723. The number of halogens is 2. The number of benzene rings is 2. The predicted octanol–water partition coefficient (Wildman–Crippen LogP) is 4.51. The zero-order valence-electron chi connectivity index (χ0n) is 21.1. The normalized spacial score (nSPS) is 14.3. The first-order valence-electron chi connectivity index (χ1n) is 12.2. The minimum Gasteiger partial charge on any atom is -0.385 e. The Kier molecular flexibility index (Phi) is 8.77. The summed E-state index contributed by atoms with van der Waals surface area (Å²) in [5.41, 5.74) is 3.09. The van der Waals surface area contributed by atoms with Crippen molar-refractivity contribution in [3.63, 3.8) is 0 Å². The topological polar surface area (TPSA) is 53.8 Å². The third-order valence-electron chi connectivity index (χ3n) is 6.50. The molecule has 0 radical (unpaired) electrons. The second-order valence-corrected chi connectivity index (χ2v) is 10.1. The van der Waals surface area contributed by atoms with E-state index < -0.39 is 0 Å². The van der Waals surface area contributed by atoms with Crippen molar-refractivity contribution in [2.75, 3.05) is 58.4 Å². The molecule has 2 aromatic carbocycles. The molecular weight excluding hydrogens is 525 g/mol. The number of nitrogens with zero attached hydrogens (tertiary/aromatic N) is 5. The number of rotatable bonds is 9. The average Bonchev–Trinajstić information content (AvgIpc) is 3.19. The van der Waals surface area contributed by atoms with E-state index in [0.29, 0.717) is 30.9 Å². The van der Waals surface area contributed by atoms with Crippen molar-refractivity contribution in [2.24, 2.45) is 0 Å². The number of hydrogen-bond donors (Lipinski definition) is 0. The van der Waals surface area contributed by atoms with Crippen LogP contribution in [-0.4, -0.2) is 79.0 Å². The summed E-state index contributed by atoms with van der Waals surface area (Å²) in [6.45, 7) is 6.96. The Morgan fingerprint density at radius 2 is 1.89 bits per heavy atom. The van der Waals surface area contributed by atoms with Crippen molar-refractivity contribution in [3.05, 3.63) is 75.6 Å². The quantitative estimate of drug-likeness (QED) is 0.362. The molecule has 1 amide bonds. The van der Waals surface area contributed by atoms with Gasteiger partial charge in [-0.05, 0) is 56.8 Å². The van der Waals surface area contributed by atoms with E-state index in [0.717, 1.165) is 54.1 Å². The second kappa shape index (κ2) is 12.0. The highest BCUT2D eigenvalue weighted by Crippen LogP contribution is 2.30. The Morgan fingerprint density at radius 3 is 2.58 bits per heavy atom. The van der Waals surface area contributed by atoms with Gasteiger partial charge in [-0.1, -0.05) is 28.1 Å². The number of ether oxygens (including phenoxy) is 1. The number of carbonyl (C=O) groups is 1. The Labute approximate surface area is 220 Å². The summed E-state index contributed by atoms with van der Waals surface area (Å²) in [5, 5.41) is 4.84. The van der Waals surface area contributed by atoms with Crippen LogP contribution in [0.5, 0.6) is 0 Å². The second-order valence-electron chi connectivity index (χ2n) is 9.15. The lowest BCUT2D eigenvalue weighted by atomic mass is 10.1. The molecule has 2 heterocycles. The van der Waals surface area contributed by atoms with Crippen LogP contribution in [0.1, 0.15) is 28.0 Å². The molecule has 192 valence electrons. The van der Waals surface area contributed by atoms with Crippen molar-refractivity contribution in [2.45, 2.75) is 19.9 Å². The summed E-state index contributed by atoms with van der Waals surface area (Å²) in [4.78, 5) is 20.1. The summed E-state index contributed by atoms with van der Waals surface area (Å²) in [5.74, 6) is 0.567. The highest BCUT2D eigenvalue weighted by atomic mass is 79.9. The molecule has 0 atom stereocenters. The molecule has 0 N–H and O–H groups in total. The predicted molar refractivity (Wildman–Crippen MR) is 143 cm³/mol. The zero-order chi connectivity index (χ0) is 25.7. The van der Waals surface area contributed by atoms with E-state index in [1.54, 1.807) is 13.2 Å². The van der Waals surface area contributed by atoms with Gasteiger partial charge in [-0.25, -0.2) is 9.07 Å².